The van der Waals surface area contributed by atoms with Crippen molar-refractivity contribution < 1.29 is 31.3 Å². The van der Waals surface area contributed by atoms with Crippen LogP contribution in [0.4, 0.5) is 0 Å². The number of fused-ring (bicyclic) bond motifs is 16. The number of hydrogen-bond acceptors (Lipinski definition) is 4. The number of hydrogen-bond donors (Lipinski definition) is 2. The topological polar surface area (TPSA) is 76.1 Å². The molecule has 2 N–H and O–H groups in total. The normalized spacial score (nSPS) is 11.3. The average Bonchev–Trinajstić information content (AvgIpc) is 3.51. The summed E-state index contributed by atoms with van der Waals surface area (Å²) in [6.07, 6.45) is 3.95. The molecule has 0 aliphatic carbocycles. The van der Waals surface area contributed by atoms with E-state index in [1.165, 1.54) is 0 Å². The maximum absolute atomic E-state index is 11.6. The molecule has 6 nitrogen and oxygen atoms in total. The van der Waals surface area contributed by atoms with Crippen molar-refractivity contribution in [3.8, 4) is 79.0 Å². The summed E-state index contributed by atoms with van der Waals surface area (Å²) in [5.41, 5.74) is 7.66. The van der Waals surface area contributed by atoms with Crippen LogP contribution in [0, 0.1) is 0 Å². The molecule has 0 spiro atoms. The first-order chi connectivity index (χ1) is 18.5. The minimum Gasteiger partial charge on any atom is -0.507 e. The van der Waals surface area contributed by atoms with Crippen LogP contribution in [0.2, 0.25) is 0 Å². The van der Waals surface area contributed by atoms with Gasteiger partial charge in [0.1, 0.15) is 23.1 Å². The van der Waals surface area contributed by atoms with Crippen LogP contribution in [0.25, 0.3) is 67.5 Å². The van der Waals surface area contributed by atoms with Gasteiger partial charge in [0, 0.05) is 69.8 Å². The van der Waals surface area contributed by atoms with Gasteiger partial charge in [-0.1, -0.05) is 72.8 Å². The molecule has 3 heterocycles. The van der Waals surface area contributed by atoms with Crippen LogP contribution in [0.15, 0.2) is 97.3 Å². The van der Waals surface area contributed by atoms with Crippen molar-refractivity contribution in [2.75, 3.05) is 0 Å². The second-order valence-electron chi connectivity index (χ2n) is 9.62. The molecular weight excluding hydrogens is 667 g/mol. The molecular formula is C32H24N4O2Pt. The van der Waals surface area contributed by atoms with Crippen LogP contribution in [0.5, 0.6) is 11.5 Å². The van der Waals surface area contributed by atoms with Gasteiger partial charge in [-0.2, -0.15) is 0 Å². The van der Waals surface area contributed by atoms with Crippen molar-refractivity contribution in [3.05, 3.63) is 97.3 Å². The van der Waals surface area contributed by atoms with Crippen molar-refractivity contribution in [2.45, 2.75) is 0 Å². The maximum Gasteiger partial charge on any atom is 0.144 e. The smallest absolute Gasteiger partial charge is 0.144 e. The number of aromatic nitrogens is 4. The Morgan fingerprint density at radius 2 is 0.795 bits per heavy atom. The second-order valence-corrected chi connectivity index (χ2v) is 9.62. The molecule has 0 saturated carbocycles. The number of imidazole rings is 2. The Labute approximate surface area is 240 Å². The molecule has 0 amide bonds. The third kappa shape index (κ3) is 3.83. The van der Waals surface area contributed by atoms with Crippen LogP contribution < -0.4 is 0 Å². The van der Waals surface area contributed by atoms with Crippen molar-refractivity contribution in [3.63, 3.8) is 0 Å². The standard InChI is InChI=1S/C32H24N4O2.Pt/c1-35-17-27-21-11-5-6-12-22(21)28-18-36(2)32(34-28)26-16-8-14-24(30(26)38)20-10-4-3-9-19(20)23-13-7-15-25(29(23)37)31(35)33-27;/h3-18,37-38H,1-2H3;. The molecule has 0 unspecified atom stereocenters. The zero-order valence-electron chi connectivity index (χ0n) is 21.2. The summed E-state index contributed by atoms with van der Waals surface area (Å²) < 4.78 is 3.88. The van der Waals surface area contributed by atoms with Gasteiger partial charge in [0.25, 0.3) is 0 Å². The molecule has 7 heteroatoms. The Balaban J connectivity index is 0.00000277. The molecule has 194 valence electrons. The number of phenols is 2. The van der Waals surface area contributed by atoms with Crippen LogP contribution >= 0.6 is 0 Å². The van der Waals surface area contributed by atoms with E-state index in [1.807, 2.05) is 121 Å². The Morgan fingerprint density at radius 3 is 1.21 bits per heavy atom. The average molecular weight is 692 g/mol. The number of aryl methyl sites for hydroxylation is 2. The molecule has 4 aromatic carbocycles. The molecule has 1 aliphatic heterocycles. The number of nitrogens with zero attached hydrogens (tertiary/aromatic N) is 4. The largest absolute Gasteiger partial charge is 0.507 e. The van der Waals surface area contributed by atoms with E-state index in [0.29, 0.717) is 33.9 Å². The second kappa shape index (κ2) is 9.40. The third-order valence-electron chi connectivity index (χ3n) is 7.29. The van der Waals surface area contributed by atoms with E-state index in [-0.39, 0.29) is 32.6 Å². The van der Waals surface area contributed by atoms with Gasteiger partial charge in [0.05, 0.1) is 22.5 Å². The van der Waals surface area contributed by atoms with E-state index >= 15 is 0 Å². The summed E-state index contributed by atoms with van der Waals surface area (Å²) in [6, 6.07) is 27.2. The molecule has 0 saturated heterocycles. The van der Waals surface area contributed by atoms with E-state index in [4.69, 9.17) is 9.97 Å². The van der Waals surface area contributed by atoms with Crippen molar-refractivity contribution >= 4 is 0 Å². The summed E-state index contributed by atoms with van der Waals surface area (Å²) >= 11 is 0. The van der Waals surface area contributed by atoms with Gasteiger partial charge in [-0.25, -0.2) is 9.97 Å². The fourth-order valence-electron chi connectivity index (χ4n) is 5.46. The number of benzene rings is 4. The van der Waals surface area contributed by atoms with E-state index in [1.54, 1.807) is 0 Å². The summed E-state index contributed by atoms with van der Waals surface area (Å²) in [6.45, 7) is 0. The number of phenolic OH excluding ortho intramolecular Hbond substituents is 2. The van der Waals surface area contributed by atoms with E-state index < -0.39 is 0 Å². The predicted molar refractivity (Wildman–Crippen MR) is 149 cm³/mol. The molecule has 0 atom stereocenters. The monoisotopic (exact) mass is 691 g/mol. The molecule has 6 aromatic rings. The van der Waals surface area contributed by atoms with Gasteiger partial charge in [-0.15, -0.1) is 0 Å². The SMILES string of the molecule is Cn1cc2nc1-c1cccc(c1O)-c1ccccc1-c1cccc(c1O)-c1nc(cn1C)-c1ccccc1-2.[Pt]. The predicted octanol–water partition coefficient (Wildman–Crippen LogP) is 6.88. The Morgan fingerprint density at radius 1 is 0.462 bits per heavy atom. The maximum atomic E-state index is 11.6. The Hall–Kier alpha value is -4.41. The van der Waals surface area contributed by atoms with Gasteiger partial charge in [0.2, 0.25) is 0 Å². The Bertz CT molecular complexity index is 1750. The van der Waals surface area contributed by atoms with Gasteiger partial charge in [0.15, 0.2) is 0 Å². The molecule has 1 aliphatic rings. The summed E-state index contributed by atoms with van der Waals surface area (Å²) in [7, 11) is 3.87. The first-order valence-electron chi connectivity index (χ1n) is 12.4. The molecule has 0 fully saturated rings. The quantitative estimate of drug-likeness (QED) is 0.182. The third-order valence-corrected chi connectivity index (χ3v) is 7.29. The van der Waals surface area contributed by atoms with Gasteiger partial charge >= 0.3 is 0 Å². The number of para-hydroxylation sites is 2. The van der Waals surface area contributed by atoms with E-state index in [0.717, 1.165) is 33.6 Å². The summed E-state index contributed by atoms with van der Waals surface area (Å²) in [5.74, 6) is 1.60. The number of rotatable bonds is 0. The van der Waals surface area contributed by atoms with Gasteiger partial charge < -0.3 is 19.3 Å². The molecule has 2 aromatic heterocycles. The van der Waals surface area contributed by atoms with Crippen molar-refractivity contribution in [1.29, 1.82) is 0 Å². The van der Waals surface area contributed by atoms with Crippen LogP contribution in [0.3, 0.4) is 0 Å². The minimum atomic E-state index is 0. The first-order valence-corrected chi connectivity index (χ1v) is 12.4. The van der Waals surface area contributed by atoms with Crippen LogP contribution in [-0.2, 0) is 35.2 Å². The van der Waals surface area contributed by atoms with E-state index in [9.17, 15) is 10.2 Å². The minimum absolute atomic E-state index is 0. The zero-order valence-corrected chi connectivity index (χ0v) is 23.5. The van der Waals surface area contributed by atoms with Crippen LogP contribution in [0.1, 0.15) is 0 Å². The zero-order chi connectivity index (χ0) is 26.0. The molecule has 8 bridgehead atoms. The van der Waals surface area contributed by atoms with Crippen LogP contribution in [-0.4, -0.2) is 29.3 Å². The van der Waals surface area contributed by atoms with Crippen molar-refractivity contribution in [2.24, 2.45) is 14.1 Å². The fraction of sp³-hybridized carbons (Fsp3) is 0.0625. The van der Waals surface area contributed by atoms with Gasteiger partial charge in [-0.3, -0.25) is 0 Å². The Kier molecular flexibility index (Phi) is 6.00. The summed E-state index contributed by atoms with van der Waals surface area (Å²) in [4.78, 5) is 9.97. The summed E-state index contributed by atoms with van der Waals surface area (Å²) in [5, 5.41) is 23.2. The number of aromatic hydroxyl groups is 2. The van der Waals surface area contributed by atoms with Gasteiger partial charge in [-0.05, 0) is 23.3 Å². The molecule has 7 rings (SSSR count). The molecule has 39 heavy (non-hydrogen) atoms. The molecule has 0 radical (unpaired) electrons. The van der Waals surface area contributed by atoms with Crippen molar-refractivity contribution in [1.82, 2.24) is 19.1 Å². The van der Waals surface area contributed by atoms with E-state index in [2.05, 4.69) is 0 Å². The fourth-order valence-corrected chi connectivity index (χ4v) is 5.46. The first kappa shape index (κ1) is 24.9.